The molecule has 0 saturated carbocycles. The summed E-state index contributed by atoms with van der Waals surface area (Å²) in [6, 6.07) is 0. The van der Waals surface area contributed by atoms with Crippen LogP contribution in [0.4, 0.5) is 0 Å². The smallest absolute Gasteiger partial charge is 0.0466 e. The normalized spacial score (nSPS) is 11.4. The van der Waals surface area contributed by atoms with Crippen LogP contribution in [-0.4, -0.2) is 13.2 Å². The zero-order chi connectivity index (χ0) is 23.2. The van der Waals surface area contributed by atoms with Gasteiger partial charge in [0.2, 0.25) is 0 Å². The summed E-state index contributed by atoms with van der Waals surface area (Å²) in [6.07, 6.45) is 38.6. The van der Waals surface area contributed by atoms with Gasteiger partial charge in [0.25, 0.3) is 0 Å². The molecule has 0 spiro atoms. The molecule has 0 heterocycles. The third kappa shape index (κ3) is 30.0. The Labute approximate surface area is 205 Å². The first-order valence-corrected chi connectivity index (χ1v) is 15.5. The fourth-order valence-electron chi connectivity index (χ4n) is 4.72. The van der Waals surface area contributed by atoms with Crippen LogP contribution in [0.15, 0.2) is 0 Å². The Morgan fingerprint density at radius 2 is 0.438 bits per heavy atom. The van der Waals surface area contributed by atoms with Crippen molar-refractivity contribution in [2.24, 2.45) is 0 Å². The summed E-state index contributed by atoms with van der Waals surface area (Å²) in [6.45, 7) is 6.59. The van der Waals surface area contributed by atoms with Gasteiger partial charge in [-0.25, -0.2) is 0 Å². The van der Waals surface area contributed by atoms with Gasteiger partial charge in [0.05, 0.1) is 0 Å². The van der Waals surface area contributed by atoms with Crippen molar-refractivity contribution < 1.29 is 4.74 Å². The lowest BCUT2D eigenvalue weighted by Crippen LogP contribution is -1.97. The van der Waals surface area contributed by atoms with Crippen LogP contribution in [-0.2, 0) is 4.74 Å². The van der Waals surface area contributed by atoms with Crippen molar-refractivity contribution >= 4 is 0 Å². The predicted octanol–water partition coefficient (Wildman–Crippen LogP) is 11.6. The van der Waals surface area contributed by atoms with Gasteiger partial charge in [-0.15, -0.1) is 0 Å². The highest BCUT2D eigenvalue weighted by atomic mass is 16.5. The van der Waals surface area contributed by atoms with Gasteiger partial charge in [-0.05, 0) is 12.8 Å². The lowest BCUT2D eigenvalue weighted by molar-refractivity contribution is 0.125. The number of unbranched alkanes of at least 4 members (excludes halogenated alkanes) is 25. The maximum Gasteiger partial charge on any atom is 0.0466 e. The summed E-state index contributed by atoms with van der Waals surface area (Å²) in [5.41, 5.74) is 0. The van der Waals surface area contributed by atoms with Gasteiger partial charge in [0.15, 0.2) is 0 Å². The van der Waals surface area contributed by atoms with Gasteiger partial charge in [0.1, 0.15) is 0 Å². The minimum Gasteiger partial charge on any atom is -0.381 e. The van der Waals surface area contributed by atoms with Crippen molar-refractivity contribution in [1.29, 1.82) is 0 Å². The van der Waals surface area contributed by atoms with Gasteiger partial charge in [-0.2, -0.15) is 0 Å². The van der Waals surface area contributed by atoms with E-state index < -0.39 is 0 Å². The Morgan fingerprint density at radius 3 is 0.656 bits per heavy atom. The molecule has 1 nitrogen and oxygen atoms in total. The van der Waals surface area contributed by atoms with Crippen LogP contribution in [0.3, 0.4) is 0 Å². The van der Waals surface area contributed by atoms with Crippen molar-refractivity contribution in [3.05, 3.63) is 0 Å². The Kier molecular flexibility index (Phi) is 30.9. The van der Waals surface area contributed by atoms with E-state index in [0.29, 0.717) is 0 Å². The lowest BCUT2D eigenvalue weighted by atomic mass is 10.0. The highest BCUT2D eigenvalue weighted by molar-refractivity contribution is 4.51. The maximum absolute atomic E-state index is 5.84. The topological polar surface area (TPSA) is 9.23 Å². The largest absolute Gasteiger partial charge is 0.381 e. The fourth-order valence-corrected chi connectivity index (χ4v) is 4.72. The molecule has 0 saturated heterocycles. The van der Waals surface area contributed by atoms with Crippen molar-refractivity contribution in [3.63, 3.8) is 0 Å². The summed E-state index contributed by atoms with van der Waals surface area (Å²) in [5, 5.41) is 0. The summed E-state index contributed by atoms with van der Waals surface area (Å²) in [5.74, 6) is 0. The van der Waals surface area contributed by atoms with Crippen molar-refractivity contribution in [2.75, 3.05) is 13.2 Å². The average molecular weight is 453 g/mol. The summed E-state index contributed by atoms with van der Waals surface area (Å²) >= 11 is 0. The summed E-state index contributed by atoms with van der Waals surface area (Å²) in [4.78, 5) is 0. The molecule has 0 aliphatic carbocycles. The molecule has 0 amide bonds. The molecule has 0 unspecified atom stereocenters. The maximum atomic E-state index is 5.84. The molecule has 0 N–H and O–H groups in total. The van der Waals surface area contributed by atoms with Crippen LogP contribution in [0, 0.1) is 0 Å². The van der Waals surface area contributed by atoms with E-state index in [-0.39, 0.29) is 0 Å². The zero-order valence-corrected chi connectivity index (χ0v) is 22.9. The second-order valence-electron chi connectivity index (χ2n) is 10.5. The molecule has 0 radical (unpaired) electrons. The molecule has 0 aliphatic rings. The molecule has 0 rings (SSSR count). The van der Waals surface area contributed by atoms with E-state index in [0.717, 1.165) is 13.2 Å². The van der Waals surface area contributed by atoms with E-state index >= 15 is 0 Å². The minimum absolute atomic E-state index is 0.996. The van der Waals surface area contributed by atoms with Crippen molar-refractivity contribution in [1.82, 2.24) is 0 Å². The molecule has 0 atom stereocenters. The molecule has 194 valence electrons. The molecule has 0 aromatic carbocycles. The van der Waals surface area contributed by atoms with Gasteiger partial charge in [0, 0.05) is 13.2 Å². The first-order chi connectivity index (χ1) is 15.9. The minimum atomic E-state index is 0.996. The van der Waals surface area contributed by atoms with Crippen molar-refractivity contribution in [2.45, 2.75) is 187 Å². The first-order valence-electron chi connectivity index (χ1n) is 15.5. The fraction of sp³-hybridized carbons (Fsp3) is 1.00. The second-order valence-corrected chi connectivity index (χ2v) is 10.5. The quantitative estimate of drug-likeness (QED) is 0.102. The van der Waals surface area contributed by atoms with Crippen LogP contribution in [0.5, 0.6) is 0 Å². The van der Waals surface area contributed by atoms with Gasteiger partial charge < -0.3 is 4.74 Å². The van der Waals surface area contributed by atoms with Crippen LogP contribution in [0.2, 0.25) is 0 Å². The molecular weight excluding hydrogens is 388 g/mol. The van der Waals surface area contributed by atoms with Crippen molar-refractivity contribution in [3.8, 4) is 0 Å². The lowest BCUT2D eigenvalue weighted by Gasteiger charge is -2.05. The van der Waals surface area contributed by atoms with Crippen LogP contribution in [0.25, 0.3) is 0 Å². The summed E-state index contributed by atoms with van der Waals surface area (Å²) in [7, 11) is 0. The number of rotatable bonds is 29. The number of ether oxygens (including phenoxy) is 1. The molecule has 0 bridgehead atoms. The third-order valence-corrected chi connectivity index (χ3v) is 7.03. The molecule has 0 aromatic rings. The zero-order valence-electron chi connectivity index (χ0n) is 22.9. The number of hydrogen-bond donors (Lipinski definition) is 0. The molecule has 0 fully saturated rings. The van der Waals surface area contributed by atoms with Crippen LogP contribution < -0.4 is 0 Å². The second kappa shape index (κ2) is 31.0. The van der Waals surface area contributed by atoms with Crippen LogP contribution in [0.1, 0.15) is 187 Å². The van der Waals surface area contributed by atoms with Crippen LogP contribution >= 0.6 is 0 Å². The monoisotopic (exact) mass is 452 g/mol. The highest BCUT2D eigenvalue weighted by Gasteiger charge is 1.96. The standard InChI is InChI=1S/C31H64O/c1-3-5-7-9-11-13-15-17-19-21-23-25-27-29-31-32-30-28-26-24-22-20-18-16-14-12-10-8-6-4-2/h3-31H2,1-2H3. The SMILES string of the molecule is CCCCCCCCCCCCCCCCOCCCCCCCCCCCCCCC. The Balaban J connectivity index is 2.98. The number of hydrogen-bond acceptors (Lipinski definition) is 1. The van der Waals surface area contributed by atoms with E-state index in [1.807, 2.05) is 0 Å². The van der Waals surface area contributed by atoms with E-state index in [1.165, 1.54) is 173 Å². The average Bonchev–Trinajstić information content (AvgIpc) is 2.81. The molecule has 1 heteroatoms. The Hall–Kier alpha value is -0.0400. The third-order valence-electron chi connectivity index (χ3n) is 7.03. The summed E-state index contributed by atoms with van der Waals surface area (Å²) < 4.78 is 5.84. The van der Waals surface area contributed by atoms with Gasteiger partial charge in [-0.3, -0.25) is 0 Å². The molecule has 32 heavy (non-hydrogen) atoms. The van der Waals surface area contributed by atoms with E-state index in [4.69, 9.17) is 4.74 Å². The molecular formula is C31H64O. The van der Waals surface area contributed by atoms with Gasteiger partial charge >= 0.3 is 0 Å². The Morgan fingerprint density at radius 1 is 0.250 bits per heavy atom. The highest BCUT2D eigenvalue weighted by Crippen LogP contribution is 2.14. The van der Waals surface area contributed by atoms with E-state index in [2.05, 4.69) is 13.8 Å². The van der Waals surface area contributed by atoms with E-state index in [1.54, 1.807) is 0 Å². The van der Waals surface area contributed by atoms with Gasteiger partial charge in [-0.1, -0.05) is 174 Å². The molecule has 0 aromatic heterocycles. The Bertz CT molecular complexity index is 271. The molecule has 0 aliphatic heterocycles. The predicted molar refractivity (Wildman–Crippen MR) is 147 cm³/mol. The first kappa shape index (κ1) is 32.0. The van der Waals surface area contributed by atoms with E-state index in [9.17, 15) is 0 Å².